The normalized spacial score (nSPS) is 15.2. The first-order chi connectivity index (χ1) is 15.7. The zero-order valence-electron chi connectivity index (χ0n) is 18.4. The lowest BCUT2D eigenvalue weighted by atomic mass is 10.2. The smallest absolute Gasteiger partial charge is 0.322 e. The molecule has 1 fully saturated rings. The Bertz CT molecular complexity index is 1070. The summed E-state index contributed by atoms with van der Waals surface area (Å²) >= 11 is 5.79. The van der Waals surface area contributed by atoms with Crippen LogP contribution in [-0.4, -0.2) is 70.6 Å². The first-order valence-electron chi connectivity index (χ1n) is 10.3. The summed E-state index contributed by atoms with van der Waals surface area (Å²) in [6.07, 6.45) is -1.11. The van der Waals surface area contributed by atoms with Crippen LogP contribution in [0.2, 0.25) is 5.02 Å². The average molecular weight is 496 g/mol. The van der Waals surface area contributed by atoms with Crippen molar-refractivity contribution < 1.29 is 27.5 Å². The van der Waals surface area contributed by atoms with Gasteiger partial charge in [0.2, 0.25) is 10.0 Å². The molecule has 1 saturated heterocycles. The molecule has 9 nitrogen and oxygen atoms in total. The fraction of sp³-hybridized carbons (Fsp3) is 0.364. The second kappa shape index (κ2) is 11.0. The number of morpholine rings is 1. The molecule has 1 amide bonds. The van der Waals surface area contributed by atoms with E-state index in [4.69, 9.17) is 21.1 Å². The number of hydrogen-bond donors (Lipinski definition) is 1. The van der Waals surface area contributed by atoms with Gasteiger partial charge in [-0.05, 0) is 55.5 Å². The van der Waals surface area contributed by atoms with Gasteiger partial charge in [-0.3, -0.25) is 9.59 Å². The highest BCUT2D eigenvalue weighted by Crippen LogP contribution is 2.20. The number of amides is 1. The first kappa shape index (κ1) is 25.0. The molecule has 3 rings (SSSR count). The van der Waals surface area contributed by atoms with Crippen LogP contribution in [0.4, 0.5) is 11.4 Å². The Morgan fingerprint density at radius 1 is 1.12 bits per heavy atom. The molecule has 0 saturated carbocycles. The number of nitrogens with one attached hydrogen (secondary N) is 1. The lowest BCUT2D eigenvalue weighted by molar-refractivity contribution is -0.153. The number of nitrogens with zero attached hydrogens (tertiary/aromatic N) is 2. The topological polar surface area (TPSA) is 105 Å². The van der Waals surface area contributed by atoms with Crippen LogP contribution in [0, 0.1) is 0 Å². The van der Waals surface area contributed by atoms with Crippen LogP contribution in [0.15, 0.2) is 53.4 Å². The van der Waals surface area contributed by atoms with Gasteiger partial charge in [-0.2, -0.15) is 4.31 Å². The minimum atomic E-state index is -3.91. The van der Waals surface area contributed by atoms with Gasteiger partial charge in [0.05, 0.1) is 18.1 Å². The van der Waals surface area contributed by atoms with Crippen LogP contribution >= 0.6 is 11.6 Å². The molecule has 1 aliphatic rings. The number of carbonyl (C=O) groups excluding carboxylic acids is 2. The van der Waals surface area contributed by atoms with Gasteiger partial charge in [0, 0.05) is 36.5 Å². The number of esters is 1. The third kappa shape index (κ3) is 6.67. The molecule has 0 radical (unpaired) electrons. The molecule has 1 atom stereocenters. The van der Waals surface area contributed by atoms with E-state index in [-0.39, 0.29) is 4.90 Å². The molecule has 2 aromatic carbocycles. The van der Waals surface area contributed by atoms with Gasteiger partial charge in [-0.1, -0.05) is 11.6 Å². The Morgan fingerprint density at radius 2 is 1.73 bits per heavy atom. The Hall–Kier alpha value is -2.66. The average Bonchev–Trinajstić information content (AvgIpc) is 2.80. The number of carbonyl (C=O) groups is 2. The molecule has 0 aliphatic carbocycles. The summed E-state index contributed by atoms with van der Waals surface area (Å²) in [6.45, 7) is 3.84. The number of sulfonamides is 1. The van der Waals surface area contributed by atoms with Crippen LogP contribution in [-0.2, 0) is 29.1 Å². The number of ether oxygens (including phenoxy) is 2. The van der Waals surface area contributed by atoms with Crippen LogP contribution in [0.3, 0.4) is 0 Å². The minimum absolute atomic E-state index is 0.00600. The van der Waals surface area contributed by atoms with Crippen molar-refractivity contribution in [3.05, 3.63) is 53.6 Å². The summed E-state index contributed by atoms with van der Waals surface area (Å²) in [5.74, 6) is -1.37. The number of benzene rings is 2. The number of likely N-dealkylation sites (N-methyl/N-ethyl adjacent to an activating group) is 1. The molecular weight excluding hydrogens is 470 g/mol. The quantitative estimate of drug-likeness (QED) is 0.560. The van der Waals surface area contributed by atoms with E-state index in [1.807, 2.05) is 12.1 Å². The molecule has 0 aromatic heterocycles. The van der Waals surface area contributed by atoms with Crippen LogP contribution in [0.25, 0.3) is 0 Å². The highest BCUT2D eigenvalue weighted by atomic mass is 35.5. The molecule has 0 bridgehead atoms. The largest absolute Gasteiger partial charge is 0.452 e. The van der Waals surface area contributed by atoms with E-state index >= 15 is 0 Å². The second-order valence-corrected chi connectivity index (χ2v) is 9.96. The molecule has 1 aliphatic heterocycles. The summed E-state index contributed by atoms with van der Waals surface area (Å²) < 4.78 is 36.5. The van der Waals surface area contributed by atoms with Crippen molar-refractivity contribution in [2.24, 2.45) is 0 Å². The highest BCUT2D eigenvalue weighted by molar-refractivity contribution is 7.89. The van der Waals surface area contributed by atoms with Crippen molar-refractivity contribution in [1.82, 2.24) is 4.31 Å². The maximum Gasteiger partial charge on any atom is 0.322 e. The van der Waals surface area contributed by atoms with Gasteiger partial charge in [-0.25, -0.2) is 8.42 Å². The van der Waals surface area contributed by atoms with Gasteiger partial charge in [0.1, 0.15) is 6.54 Å². The van der Waals surface area contributed by atoms with E-state index in [2.05, 4.69) is 10.2 Å². The number of halogens is 1. The van der Waals surface area contributed by atoms with Gasteiger partial charge < -0.3 is 19.7 Å². The maximum atomic E-state index is 12.6. The SMILES string of the molecule is C[C@@H](OC(=O)CN(C)S(=O)(=O)c1ccc(Cl)cc1)C(=O)Nc1ccc(N2CCOCC2)cc1. The van der Waals surface area contributed by atoms with Crippen LogP contribution in [0.1, 0.15) is 6.92 Å². The number of hydrogen-bond acceptors (Lipinski definition) is 7. The van der Waals surface area contributed by atoms with Crippen molar-refractivity contribution in [3.63, 3.8) is 0 Å². The Kier molecular flexibility index (Phi) is 8.30. The van der Waals surface area contributed by atoms with Crippen molar-refractivity contribution in [2.75, 3.05) is 50.1 Å². The van der Waals surface area contributed by atoms with Crippen molar-refractivity contribution in [1.29, 1.82) is 0 Å². The molecule has 11 heteroatoms. The van der Waals surface area contributed by atoms with E-state index in [9.17, 15) is 18.0 Å². The lowest BCUT2D eigenvalue weighted by Gasteiger charge is -2.28. The fourth-order valence-electron chi connectivity index (χ4n) is 3.16. The summed E-state index contributed by atoms with van der Waals surface area (Å²) in [7, 11) is -2.65. The van der Waals surface area contributed by atoms with Crippen LogP contribution in [0.5, 0.6) is 0 Å². The number of rotatable bonds is 8. The van der Waals surface area contributed by atoms with Crippen molar-refractivity contribution in [2.45, 2.75) is 17.9 Å². The standard InChI is InChI=1S/C22H26ClN3O6S/c1-16(22(28)24-18-5-7-19(8-6-18)26-11-13-31-14-12-26)32-21(27)15-25(2)33(29,30)20-9-3-17(23)4-10-20/h3-10,16H,11-15H2,1-2H3,(H,24,28)/t16-/m1/s1. The van der Waals surface area contributed by atoms with Gasteiger partial charge in [-0.15, -0.1) is 0 Å². The summed E-state index contributed by atoms with van der Waals surface area (Å²) in [4.78, 5) is 26.8. The minimum Gasteiger partial charge on any atom is -0.452 e. The molecule has 178 valence electrons. The summed E-state index contributed by atoms with van der Waals surface area (Å²) in [6, 6.07) is 12.9. The predicted octanol–water partition coefficient (Wildman–Crippen LogP) is 2.37. The third-order valence-corrected chi connectivity index (χ3v) is 7.13. The molecule has 0 unspecified atom stereocenters. The van der Waals surface area contributed by atoms with Crippen molar-refractivity contribution >= 4 is 44.9 Å². The monoisotopic (exact) mass is 495 g/mol. The van der Waals surface area contributed by atoms with E-state index in [1.165, 1.54) is 38.2 Å². The summed E-state index contributed by atoms with van der Waals surface area (Å²) in [5, 5.41) is 3.08. The van der Waals surface area contributed by atoms with Gasteiger partial charge in [0.25, 0.3) is 5.91 Å². The molecule has 0 spiro atoms. The second-order valence-electron chi connectivity index (χ2n) is 7.48. The van der Waals surface area contributed by atoms with Gasteiger partial charge >= 0.3 is 5.97 Å². The molecule has 2 aromatic rings. The third-order valence-electron chi connectivity index (χ3n) is 5.06. The van der Waals surface area contributed by atoms with Gasteiger partial charge in [0.15, 0.2) is 6.10 Å². The maximum absolute atomic E-state index is 12.6. The molecule has 1 N–H and O–H groups in total. The predicted molar refractivity (Wildman–Crippen MR) is 125 cm³/mol. The van der Waals surface area contributed by atoms with E-state index < -0.39 is 34.5 Å². The molecule has 1 heterocycles. The molecular formula is C22H26ClN3O6S. The molecule has 33 heavy (non-hydrogen) atoms. The van der Waals surface area contributed by atoms with E-state index in [0.29, 0.717) is 23.9 Å². The van der Waals surface area contributed by atoms with E-state index in [0.717, 1.165) is 23.1 Å². The zero-order valence-corrected chi connectivity index (χ0v) is 19.9. The Balaban J connectivity index is 1.51. The fourth-order valence-corrected chi connectivity index (χ4v) is 4.40. The Morgan fingerprint density at radius 3 is 2.33 bits per heavy atom. The summed E-state index contributed by atoms with van der Waals surface area (Å²) in [5.41, 5.74) is 1.59. The Labute approximate surface area is 198 Å². The van der Waals surface area contributed by atoms with Crippen LogP contribution < -0.4 is 10.2 Å². The zero-order chi connectivity index (χ0) is 24.0. The van der Waals surface area contributed by atoms with E-state index in [1.54, 1.807) is 12.1 Å². The first-order valence-corrected chi connectivity index (χ1v) is 12.1. The number of anilines is 2. The highest BCUT2D eigenvalue weighted by Gasteiger charge is 2.26. The van der Waals surface area contributed by atoms with Crippen molar-refractivity contribution in [3.8, 4) is 0 Å². The lowest BCUT2D eigenvalue weighted by Crippen LogP contribution is -2.37.